The zero-order valence-corrected chi connectivity index (χ0v) is 21.7. The van der Waals surface area contributed by atoms with E-state index in [1.165, 1.54) is 0 Å². The first-order valence-corrected chi connectivity index (χ1v) is 12.4. The number of benzene rings is 1. The van der Waals surface area contributed by atoms with Gasteiger partial charge in [0.25, 0.3) is 0 Å². The van der Waals surface area contributed by atoms with Gasteiger partial charge in [0.05, 0.1) is 6.61 Å². The van der Waals surface area contributed by atoms with Gasteiger partial charge in [0.15, 0.2) is 30.1 Å². The third-order valence-electron chi connectivity index (χ3n) is 6.17. The molecule has 3 fully saturated rings. The van der Waals surface area contributed by atoms with E-state index in [2.05, 4.69) is 5.32 Å². The Bertz CT molecular complexity index is 919. The molecule has 200 valence electrons. The molecule has 1 aromatic rings. The van der Waals surface area contributed by atoms with E-state index in [9.17, 15) is 9.59 Å². The summed E-state index contributed by atoms with van der Waals surface area (Å²) in [6.45, 7) is 11.4. The van der Waals surface area contributed by atoms with Gasteiger partial charge in [-0.15, -0.1) is 0 Å². The molecule has 4 rings (SSSR count). The first kappa shape index (κ1) is 26.8. The molecule has 6 atom stereocenters. The maximum Gasteiger partial charge on any atom is 0.408 e. The van der Waals surface area contributed by atoms with Gasteiger partial charge in [0, 0.05) is 0 Å². The number of fused-ring (bicyclic) bond motifs is 1. The van der Waals surface area contributed by atoms with Crippen LogP contribution in [-0.2, 0) is 44.6 Å². The lowest BCUT2D eigenvalue weighted by atomic mass is 10.0. The Hall–Kier alpha value is -2.24. The third-order valence-corrected chi connectivity index (χ3v) is 6.17. The molecule has 3 aliphatic rings. The van der Waals surface area contributed by atoms with Crippen LogP contribution in [0, 0.1) is 5.92 Å². The van der Waals surface area contributed by atoms with E-state index in [0.717, 1.165) is 5.56 Å². The van der Waals surface area contributed by atoms with Crippen LogP contribution < -0.4 is 5.32 Å². The van der Waals surface area contributed by atoms with Crippen molar-refractivity contribution >= 4 is 12.1 Å². The maximum absolute atomic E-state index is 13.4. The highest BCUT2D eigenvalue weighted by Crippen LogP contribution is 2.42. The maximum atomic E-state index is 13.4. The molecule has 1 N–H and O–H groups in total. The monoisotopic (exact) mass is 507 g/mol. The van der Waals surface area contributed by atoms with E-state index in [0.29, 0.717) is 6.42 Å². The lowest BCUT2D eigenvalue weighted by Gasteiger charge is -2.30. The Morgan fingerprint density at radius 1 is 1.03 bits per heavy atom. The summed E-state index contributed by atoms with van der Waals surface area (Å²) in [6.07, 6.45) is -3.66. The zero-order valence-electron chi connectivity index (χ0n) is 21.7. The summed E-state index contributed by atoms with van der Waals surface area (Å²) in [5.41, 5.74) is 0.843. The Balaban J connectivity index is 1.44. The molecule has 0 aromatic heterocycles. The number of hydrogen-bond donors (Lipinski definition) is 1. The minimum Gasteiger partial charge on any atom is -0.455 e. The number of nitrogens with one attached hydrogen (secondary N) is 1. The van der Waals surface area contributed by atoms with E-state index >= 15 is 0 Å². The fourth-order valence-corrected chi connectivity index (χ4v) is 4.62. The molecule has 1 aromatic carbocycles. The highest BCUT2D eigenvalue weighted by molar-refractivity contribution is 5.81. The predicted molar refractivity (Wildman–Crippen MR) is 126 cm³/mol. The number of esters is 1. The number of carbonyl (C=O) groups excluding carboxylic acids is 2. The Morgan fingerprint density at radius 3 is 2.39 bits per heavy atom. The molecule has 10 nitrogen and oxygen atoms in total. The largest absolute Gasteiger partial charge is 0.455 e. The van der Waals surface area contributed by atoms with Crippen molar-refractivity contribution in [2.75, 3.05) is 6.61 Å². The Morgan fingerprint density at radius 2 is 1.75 bits per heavy atom. The second kappa shape index (κ2) is 10.6. The molecule has 0 spiro atoms. The van der Waals surface area contributed by atoms with Crippen molar-refractivity contribution in [2.45, 2.75) is 103 Å². The van der Waals surface area contributed by atoms with E-state index in [-0.39, 0.29) is 19.1 Å². The average Bonchev–Trinajstić information content (AvgIpc) is 3.41. The molecule has 0 saturated carbocycles. The summed E-state index contributed by atoms with van der Waals surface area (Å²) in [5.74, 6) is -2.18. The van der Waals surface area contributed by atoms with Crippen LogP contribution in [0.2, 0.25) is 0 Å². The number of ether oxygens (including phenoxy) is 7. The summed E-state index contributed by atoms with van der Waals surface area (Å²) < 4.78 is 41.0. The van der Waals surface area contributed by atoms with Gasteiger partial charge >= 0.3 is 12.1 Å². The topological polar surface area (TPSA) is 111 Å². The van der Waals surface area contributed by atoms with Gasteiger partial charge in [-0.2, -0.15) is 0 Å². The van der Waals surface area contributed by atoms with Gasteiger partial charge in [0.1, 0.15) is 24.9 Å². The van der Waals surface area contributed by atoms with Gasteiger partial charge in [-0.3, -0.25) is 0 Å². The van der Waals surface area contributed by atoms with Crippen molar-refractivity contribution in [1.82, 2.24) is 5.32 Å². The summed E-state index contributed by atoms with van der Waals surface area (Å²) in [4.78, 5) is 25.9. The third kappa shape index (κ3) is 6.54. The van der Waals surface area contributed by atoms with E-state index in [1.54, 1.807) is 13.8 Å². The molecular formula is C26H37NO9. The van der Waals surface area contributed by atoms with Crippen LogP contribution in [0.15, 0.2) is 30.3 Å². The molecule has 36 heavy (non-hydrogen) atoms. The van der Waals surface area contributed by atoms with Crippen molar-refractivity contribution in [1.29, 1.82) is 0 Å². The highest BCUT2D eigenvalue weighted by atomic mass is 16.8. The molecule has 0 bridgehead atoms. The quantitative estimate of drug-likeness (QED) is 0.530. The second-order valence-electron chi connectivity index (χ2n) is 10.7. The number of hydrogen-bond acceptors (Lipinski definition) is 9. The normalized spacial score (nSPS) is 31.1. The van der Waals surface area contributed by atoms with Crippen LogP contribution in [0.25, 0.3) is 0 Å². The van der Waals surface area contributed by atoms with Crippen molar-refractivity contribution in [3.05, 3.63) is 35.9 Å². The second-order valence-corrected chi connectivity index (χ2v) is 10.7. The summed E-state index contributed by atoms with van der Waals surface area (Å²) in [7, 11) is 0. The SMILES string of the molecule is CC(C)C[C@H](NC(=O)OCc1ccccc1)C(=O)O[C@@H]1[C@H]2OC(C)(C)O[C@H]2O[C@@H]1[C@@H]1COC(C)(C)O1. The standard InChI is InChI=1S/C26H37NO9/c1-15(2)12-17(27-24(29)30-13-16-10-8-7-9-11-16)22(28)32-20-19(18-14-31-25(3,4)34-18)33-23-21(20)35-26(5,6)36-23/h7-11,15,17-21,23H,12-14H2,1-6H3,(H,27,29)/t17-,18-,19+,20-,21+,23+/m0/s1. The molecular weight excluding hydrogens is 470 g/mol. The van der Waals surface area contributed by atoms with Gasteiger partial charge in [-0.05, 0) is 45.6 Å². The minimum atomic E-state index is -0.916. The zero-order chi connectivity index (χ0) is 26.1. The Kier molecular flexibility index (Phi) is 7.92. The van der Waals surface area contributed by atoms with Crippen LogP contribution in [-0.4, -0.2) is 67.0 Å². The lowest BCUT2D eigenvalue weighted by molar-refractivity contribution is -0.235. The number of rotatable bonds is 8. The van der Waals surface area contributed by atoms with Gasteiger partial charge in [-0.1, -0.05) is 44.2 Å². The first-order chi connectivity index (χ1) is 16.9. The minimum absolute atomic E-state index is 0.0908. The smallest absolute Gasteiger partial charge is 0.408 e. The highest BCUT2D eigenvalue weighted by Gasteiger charge is 2.60. The first-order valence-electron chi connectivity index (χ1n) is 12.4. The molecule has 3 saturated heterocycles. The number of alkyl carbamates (subject to hydrolysis) is 1. The summed E-state index contributed by atoms with van der Waals surface area (Å²) >= 11 is 0. The molecule has 0 aliphatic carbocycles. The summed E-state index contributed by atoms with van der Waals surface area (Å²) in [5, 5.41) is 2.66. The van der Waals surface area contributed by atoms with E-state index in [1.807, 2.05) is 58.0 Å². The van der Waals surface area contributed by atoms with Crippen LogP contribution >= 0.6 is 0 Å². The molecule has 1 amide bonds. The molecule has 0 radical (unpaired) electrons. The van der Waals surface area contributed by atoms with E-state index < -0.39 is 60.4 Å². The van der Waals surface area contributed by atoms with Crippen LogP contribution in [0.1, 0.15) is 53.5 Å². The fraction of sp³-hybridized carbons (Fsp3) is 0.692. The van der Waals surface area contributed by atoms with Crippen molar-refractivity contribution in [3.63, 3.8) is 0 Å². The average molecular weight is 508 g/mol. The van der Waals surface area contributed by atoms with Gasteiger partial charge < -0.3 is 38.5 Å². The number of carbonyl (C=O) groups is 2. The number of amides is 1. The molecule has 0 unspecified atom stereocenters. The lowest BCUT2D eigenvalue weighted by Crippen LogP contribution is -2.49. The summed E-state index contributed by atoms with van der Waals surface area (Å²) in [6, 6.07) is 8.39. The molecule has 3 aliphatic heterocycles. The van der Waals surface area contributed by atoms with Gasteiger partial charge in [-0.25, -0.2) is 9.59 Å². The predicted octanol–water partition coefficient (Wildman–Crippen LogP) is 3.27. The van der Waals surface area contributed by atoms with E-state index in [4.69, 9.17) is 33.2 Å². The Labute approximate surface area is 211 Å². The van der Waals surface area contributed by atoms with Crippen LogP contribution in [0.3, 0.4) is 0 Å². The van der Waals surface area contributed by atoms with Crippen molar-refractivity contribution in [2.24, 2.45) is 5.92 Å². The van der Waals surface area contributed by atoms with Gasteiger partial charge in [0.2, 0.25) is 0 Å². The van der Waals surface area contributed by atoms with Crippen molar-refractivity contribution in [3.8, 4) is 0 Å². The van der Waals surface area contributed by atoms with Crippen LogP contribution in [0.4, 0.5) is 4.79 Å². The fourth-order valence-electron chi connectivity index (χ4n) is 4.62. The molecule has 3 heterocycles. The van der Waals surface area contributed by atoms with Crippen molar-refractivity contribution < 1.29 is 42.7 Å². The molecule has 10 heteroatoms. The van der Waals surface area contributed by atoms with Crippen LogP contribution in [0.5, 0.6) is 0 Å².